The van der Waals surface area contributed by atoms with Crippen LogP contribution in [0.25, 0.3) is 10.8 Å². The van der Waals surface area contributed by atoms with Crippen LogP contribution in [0.3, 0.4) is 0 Å². The minimum Gasteiger partial charge on any atom is -0.367 e. The van der Waals surface area contributed by atoms with Crippen LogP contribution in [0, 0.1) is 0 Å². The SMILES string of the molecule is Brc1cccc2c(NC3CCC3)nccc12. The van der Waals surface area contributed by atoms with Gasteiger partial charge in [-0.15, -0.1) is 0 Å². The van der Waals surface area contributed by atoms with Gasteiger partial charge in [0.2, 0.25) is 0 Å². The molecule has 3 rings (SSSR count). The number of pyridine rings is 1. The summed E-state index contributed by atoms with van der Waals surface area (Å²) in [6.45, 7) is 0. The van der Waals surface area contributed by atoms with E-state index < -0.39 is 0 Å². The van der Waals surface area contributed by atoms with Crippen molar-refractivity contribution in [3.8, 4) is 0 Å². The van der Waals surface area contributed by atoms with E-state index in [1.54, 1.807) is 0 Å². The Morgan fingerprint density at radius 1 is 1.19 bits per heavy atom. The molecule has 0 unspecified atom stereocenters. The monoisotopic (exact) mass is 276 g/mol. The Balaban J connectivity index is 2.06. The number of rotatable bonds is 2. The predicted molar refractivity (Wildman–Crippen MR) is 70.7 cm³/mol. The Bertz CT molecular complexity index is 520. The van der Waals surface area contributed by atoms with Gasteiger partial charge >= 0.3 is 0 Å². The van der Waals surface area contributed by atoms with Gasteiger partial charge in [0.25, 0.3) is 0 Å². The fraction of sp³-hybridized carbons (Fsp3) is 0.308. The highest BCUT2D eigenvalue weighted by molar-refractivity contribution is 9.10. The second kappa shape index (κ2) is 4.06. The molecular formula is C13H13BrN2. The van der Waals surface area contributed by atoms with Gasteiger partial charge in [-0.2, -0.15) is 0 Å². The zero-order valence-corrected chi connectivity index (χ0v) is 10.5. The lowest BCUT2D eigenvalue weighted by Crippen LogP contribution is -2.27. The molecule has 16 heavy (non-hydrogen) atoms. The van der Waals surface area contributed by atoms with Crippen LogP contribution in [-0.4, -0.2) is 11.0 Å². The van der Waals surface area contributed by atoms with Crippen molar-refractivity contribution in [3.05, 3.63) is 34.9 Å². The van der Waals surface area contributed by atoms with E-state index >= 15 is 0 Å². The largest absolute Gasteiger partial charge is 0.367 e. The molecule has 1 saturated carbocycles. The van der Waals surface area contributed by atoms with Crippen LogP contribution in [0.15, 0.2) is 34.9 Å². The molecule has 0 amide bonds. The molecule has 0 saturated heterocycles. The molecule has 1 heterocycles. The molecular weight excluding hydrogens is 264 g/mol. The van der Waals surface area contributed by atoms with E-state index in [-0.39, 0.29) is 0 Å². The zero-order valence-electron chi connectivity index (χ0n) is 8.91. The van der Waals surface area contributed by atoms with E-state index in [2.05, 4.69) is 44.4 Å². The average Bonchev–Trinajstić information content (AvgIpc) is 2.24. The van der Waals surface area contributed by atoms with Crippen LogP contribution in [0.1, 0.15) is 19.3 Å². The Labute approximate surface area is 103 Å². The molecule has 2 aromatic rings. The van der Waals surface area contributed by atoms with Crippen molar-refractivity contribution in [1.29, 1.82) is 0 Å². The van der Waals surface area contributed by atoms with Gasteiger partial charge in [0, 0.05) is 27.5 Å². The van der Waals surface area contributed by atoms with Crippen LogP contribution >= 0.6 is 15.9 Å². The second-order valence-corrected chi connectivity index (χ2v) is 5.12. The zero-order chi connectivity index (χ0) is 11.0. The number of hydrogen-bond donors (Lipinski definition) is 1. The molecule has 1 aliphatic rings. The molecule has 1 fully saturated rings. The highest BCUT2D eigenvalue weighted by atomic mass is 79.9. The van der Waals surface area contributed by atoms with Crippen molar-refractivity contribution in [2.45, 2.75) is 25.3 Å². The van der Waals surface area contributed by atoms with Gasteiger partial charge < -0.3 is 5.32 Å². The molecule has 0 aliphatic heterocycles. The average molecular weight is 277 g/mol. The summed E-state index contributed by atoms with van der Waals surface area (Å²) < 4.78 is 1.13. The number of fused-ring (bicyclic) bond motifs is 1. The molecule has 3 heteroatoms. The Hall–Kier alpha value is -1.09. The van der Waals surface area contributed by atoms with Gasteiger partial charge in [-0.1, -0.05) is 28.1 Å². The summed E-state index contributed by atoms with van der Waals surface area (Å²) in [7, 11) is 0. The van der Waals surface area contributed by atoms with Gasteiger partial charge in [0.1, 0.15) is 5.82 Å². The molecule has 1 aromatic carbocycles. The van der Waals surface area contributed by atoms with Gasteiger partial charge in [0.05, 0.1) is 0 Å². The molecule has 0 radical (unpaired) electrons. The van der Waals surface area contributed by atoms with Crippen molar-refractivity contribution < 1.29 is 0 Å². The van der Waals surface area contributed by atoms with Crippen molar-refractivity contribution in [2.24, 2.45) is 0 Å². The Morgan fingerprint density at radius 2 is 2.06 bits per heavy atom. The third kappa shape index (κ3) is 1.69. The number of nitrogens with one attached hydrogen (secondary N) is 1. The molecule has 1 aliphatic carbocycles. The number of halogens is 1. The first kappa shape index (κ1) is 10.1. The van der Waals surface area contributed by atoms with Gasteiger partial charge in [0.15, 0.2) is 0 Å². The van der Waals surface area contributed by atoms with E-state index in [1.165, 1.54) is 30.0 Å². The lowest BCUT2D eigenvalue weighted by Gasteiger charge is -2.27. The number of hydrogen-bond acceptors (Lipinski definition) is 2. The number of nitrogens with zero attached hydrogens (tertiary/aromatic N) is 1. The first-order chi connectivity index (χ1) is 7.84. The normalized spacial score (nSPS) is 16.1. The summed E-state index contributed by atoms with van der Waals surface area (Å²) >= 11 is 3.57. The summed E-state index contributed by atoms with van der Waals surface area (Å²) in [6, 6.07) is 8.91. The summed E-state index contributed by atoms with van der Waals surface area (Å²) in [4.78, 5) is 4.44. The highest BCUT2D eigenvalue weighted by Crippen LogP contribution is 2.30. The number of benzene rings is 1. The maximum absolute atomic E-state index is 4.44. The molecule has 1 aromatic heterocycles. The first-order valence-corrected chi connectivity index (χ1v) is 6.43. The quantitative estimate of drug-likeness (QED) is 0.898. The van der Waals surface area contributed by atoms with Crippen LogP contribution in [0.5, 0.6) is 0 Å². The van der Waals surface area contributed by atoms with E-state index in [4.69, 9.17) is 0 Å². The van der Waals surface area contributed by atoms with E-state index in [0.29, 0.717) is 6.04 Å². The highest BCUT2D eigenvalue weighted by Gasteiger charge is 2.18. The summed E-state index contributed by atoms with van der Waals surface area (Å²) in [6.07, 6.45) is 5.75. The second-order valence-electron chi connectivity index (χ2n) is 4.27. The van der Waals surface area contributed by atoms with Crippen LogP contribution in [0.4, 0.5) is 5.82 Å². The Morgan fingerprint density at radius 3 is 2.81 bits per heavy atom. The predicted octanol–water partition coefficient (Wildman–Crippen LogP) is 3.96. The smallest absolute Gasteiger partial charge is 0.134 e. The summed E-state index contributed by atoms with van der Waals surface area (Å²) in [5, 5.41) is 5.94. The maximum atomic E-state index is 4.44. The summed E-state index contributed by atoms with van der Waals surface area (Å²) in [5.74, 6) is 1.02. The van der Waals surface area contributed by atoms with E-state index in [9.17, 15) is 0 Å². The van der Waals surface area contributed by atoms with Gasteiger partial charge in [-0.25, -0.2) is 4.98 Å². The third-order valence-electron chi connectivity index (χ3n) is 3.20. The van der Waals surface area contributed by atoms with Gasteiger partial charge in [-0.05, 0) is 31.4 Å². The number of anilines is 1. The third-order valence-corrected chi connectivity index (χ3v) is 3.89. The fourth-order valence-corrected chi connectivity index (χ4v) is 2.53. The van der Waals surface area contributed by atoms with E-state index in [1.807, 2.05) is 12.3 Å². The van der Waals surface area contributed by atoms with Crippen LogP contribution in [-0.2, 0) is 0 Å². The lowest BCUT2D eigenvalue weighted by molar-refractivity contribution is 0.445. The maximum Gasteiger partial charge on any atom is 0.134 e. The Kier molecular flexibility index (Phi) is 2.56. The van der Waals surface area contributed by atoms with E-state index in [0.717, 1.165) is 10.3 Å². The minimum absolute atomic E-state index is 0.622. The number of aromatic nitrogens is 1. The van der Waals surface area contributed by atoms with Crippen molar-refractivity contribution in [1.82, 2.24) is 4.98 Å². The molecule has 0 bridgehead atoms. The van der Waals surface area contributed by atoms with Crippen molar-refractivity contribution in [2.75, 3.05) is 5.32 Å². The summed E-state index contributed by atoms with van der Waals surface area (Å²) in [5.41, 5.74) is 0. The standard InChI is InChI=1S/C13H13BrN2/c14-12-6-2-5-11-10(12)7-8-15-13(11)16-9-3-1-4-9/h2,5-9H,1,3-4H2,(H,15,16). The van der Waals surface area contributed by atoms with Crippen LogP contribution < -0.4 is 5.32 Å². The topological polar surface area (TPSA) is 24.9 Å². The minimum atomic E-state index is 0.622. The molecule has 82 valence electrons. The molecule has 0 atom stereocenters. The first-order valence-electron chi connectivity index (χ1n) is 5.64. The molecule has 2 nitrogen and oxygen atoms in total. The van der Waals surface area contributed by atoms with Crippen LogP contribution in [0.2, 0.25) is 0 Å². The van der Waals surface area contributed by atoms with Gasteiger partial charge in [-0.3, -0.25) is 0 Å². The lowest BCUT2D eigenvalue weighted by atomic mass is 9.93. The molecule has 1 N–H and O–H groups in total. The molecule has 0 spiro atoms. The fourth-order valence-electron chi connectivity index (χ4n) is 2.03. The van der Waals surface area contributed by atoms with Crippen molar-refractivity contribution in [3.63, 3.8) is 0 Å². The van der Waals surface area contributed by atoms with Crippen molar-refractivity contribution >= 4 is 32.5 Å².